The lowest BCUT2D eigenvalue weighted by atomic mass is 10.0. The fourth-order valence-electron chi connectivity index (χ4n) is 2.25. The number of carbonyl (C=O) groups is 1. The number of hydrogen-bond donors (Lipinski definition) is 1. The van der Waals surface area contributed by atoms with Crippen LogP contribution in [0, 0.1) is 13.8 Å². The van der Waals surface area contributed by atoms with Crippen molar-refractivity contribution in [1.82, 2.24) is 5.32 Å². The van der Waals surface area contributed by atoms with Crippen LogP contribution in [0.25, 0.3) is 0 Å². The van der Waals surface area contributed by atoms with Crippen LogP contribution in [-0.2, 0) is 11.2 Å². The van der Waals surface area contributed by atoms with Crippen molar-refractivity contribution in [3.05, 3.63) is 15.6 Å². The van der Waals surface area contributed by atoms with E-state index in [1.54, 1.807) is 11.3 Å². The number of aryl methyl sites for hydroxylation is 2. The van der Waals surface area contributed by atoms with E-state index in [1.807, 2.05) is 0 Å². The van der Waals surface area contributed by atoms with Crippen molar-refractivity contribution in [2.75, 3.05) is 6.54 Å². The largest absolute Gasteiger partial charge is 1.00 e. The summed E-state index contributed by atoms with van der Waals surface area (Å²) in [6.45, 7) is 5.14. The summed E-state index contributed by atoms with van der Waals surface area (Å²) in [5.74, 6) is 0.337. The van der Waals surface area contributed by atoms with E-state index in [4.69, 9.17) is 0 Å². The molecule has 5 heteroatoms. The van der Waals surface area contributed by atoms with Gasteiger partial charge in [-0.3, -0.25) is 4.79 Å². The van der Waals surface area contributed by atoms with Crippen LogP contribution in [0.15, 0.2) is 0 Å². The van der Waals surface area contributed by atoms with Crippen molar-refractivity contribution >= 4 is 17.1 Å². The maximum absolute atomic E-state index is 12.2. The lowest BCUT2D eigenvalue weighted by molar-refractivity contribution is -0.391. The van der Waals surface area contributed by atoms with Gasteiger partial charge in [-0.25, -0.2) is 4.98 Å². The third-order valence-electron chi connectivity index (χ3n) is 3.42. The Morgan fingerprint density at radius 1 is 1.39 bits per heavy atom. The average molecular weight is 333 g/mol. The highest BCUT2D eigenvalue weighted by Gasteiger charge is 2.23. The molecule has 1 unspecified atom stereocenters. The summed E-state index contributed by atoms with van der Waals surface area (Å²) in [5, 5.41) is 4.46. The van der Waals surface area contributed by atoms with Crippen LogP contribution >= 0.6 is 11.3 Å². The topological polar surface area (TPSA) is 43.2 Å². The van der Waals surface area contributed by atoms with Crippen LogP contribution < -0.4 is 27.3 Å². The van der Waals surface area contributed by atoms with Gasteiger partial charge < -0.3 is 22.3 Å². The maximum Gasteiger partial charge on any atom is 0.243 e. The molecular weight excluding hydrogens is 312 g/mol. The predicted molar refractivity (Wildman–Crippen MR) is 69.3 cm³/mol. The molecule has 0 aromatic carbocycles. The van der Waals surface area contributed by atoms with E-state index < -0.39 is 0 Å². The Morgan fingerprint density at radius 2 is 2.17 bits per heavy atom. The molecule has 2 heterocycles. The van der Waals surface area contributed by atoms with E-state index in [-0.39, 0.29) is 23.0 Å². The first kappa shape index (κ1) is 15.8. The van der Waals surface area contributed by atoms with Gasteiger partial charge in [0.25, 0.3) is 0 Å². The lowest BCUT2D eigenvalue weighted by Crippen LogP contribution is -3.00. The fourth-order valence-corrected chi connectivity index (χ4v) is 3.24. The Hall–Kier alpha value is -0.260. The number of aromatic nitrogens is 1. The third-order valence-corrected chi connectivity index (χ3v) is 4.52. The van der Waals surface area contributed by atoms with Gasteiger partial charge in [0, 0.05) is 6.92 Å². The van der Waals surface area contributed by atoms with Gasteiger partial charge in [-0.15, -0.1) is 0 Å². The Labute approximate surface area is 123 Å². The Morgan fingerprint density at radius 3 is 2.83 bits per heavy atom. The summed E-state index contributed by atoms with van der Waals surface area (Å²) >= 11 is 1.71. The SMILES string of the molecule is Cc1[nH+]c(CC(=O)C2CCCCCN2)sc1C.[Br-]. The first-order valence-corrected chi connectivity index (χ1v) is 7.23. The number of hydrogen-bond acceptors (Lipinski definition) is 3. The van der Waals surface area contributed by atoms with Gasteiger partial charge in [-0.1, -0.05) is 24.2 Å². The standard InChI is InChI=1S/C13H20N2OS.BrH/c1-9-10(2)17-13(15-9)8-12(16)11-6-4-3-5-7-14-11;/h11,14H,3-8H2,1-2H3;1H. The van der Waals surface area contributed by atoms with Crippen molar-refractivity contribution in [2.45, 2.75) is 52.0 Å². The van der Waals surface area contributed by atoms with Crippen LogP contribution in [0.3, 0.4) is 0 Å². The predicted octanol–water partition coefficient (Wildman–Crippen LogP) is -1.17. The zero-order chi connectivity index (χ0) is 12.3. The molecule has 2 N–H and O–H groups in total. The van der Waals surface area contributed by atoms with E-state index in [2.05, 4.69) is 24.1 Å². The molecule has 1 atom stereocenters. The minimum Gasteiger partial charge on any atom is -1.00 e. The molecule has 2 rings (SSSR count). The van der Waals surface area contributed by atoms with Crippen LogP contribution in [0.5, 0.6) is 0 Å². The van der Waals surface area contributed by atoms with Gasteiger partial charge in [0.15, 0.2) is 11.5 Å². The van der Waals surface area contributed by atoms with Gasteiger partial charge in [-0.05, 0) is 26.3 Å². The van der Waals surface area contributed by atoms with Gasteiger partial charge in [-0.2, -0.15) is 0 Å². The minimum absolute atomic E-state index is 0. The summed E-state index contributed by atoms with van der Waals surface area (Å²) in [5.41, 5.74) is 1.19. The molecule has 3 nitrogen and oxygen atoms in total. The number of halogens is 1. The van der Waals surface area contributed by atoms with Gasteiger partial charge in [0.1, 0.15) is 6.42 Å². The highest BCUT2D eigenvalue weighted by Crippen LogP contribution is 2.15. The van der Waals surface area contributed by atoms with Crippen molar-refractivity contribution in [3.63, 3.8) is 0 Å². The van der Waals surface area contributed by atoms with Gasteiger partial charge in [0.05, 0.1) is 10.9 Å². The highest BCUT2D eigenvalue weighted by atomic mass is 79.9. The van der Waals surface area contributed by atoms with E-state index >= 15 is 0 Å². The average Bonchev–Trinajstić information content (AvgIpc) is 2.54. The third kappa shape index (κ3) is 4.14. The number of thiazole rings is 1. The molecule has 1 aliphatic heterocycles. The summed E-state index contributed by atoms with van der Waals surface area (Å²) in [7, 11) is 0. The molecule has 1 aromatic heterocycles. The normalized spacial score (nSPS) is 20.0. The van der Waals surface area contributed by atoms with E-state index in [9.17, 15) is 4.79 Å². The lowest BCUT2D eigenvalue weighted by Gasteiger charge is -2.12. The van der Waals surface area contributed by atoms with Crippen molar-refractivity contribution in [3.8, 4) is 0 Å². The molecule has 1 aromatic rings. The zero-order valence-electron chi connectivity index (χ0n) is 11.0. The smallest absolute Gasteiger partial charge is 0.243 e. The number of ketones is 1. The van der Waals surface area contributed by atoms with Crippen LogP contribution in [0.4, 0.5) is 0 Å². The Bertz CT molecular complexity index is 378. The van der Waals surface area contributed by atoms with Gasteiger partial charge >= 0.3 is 0 Å². The minimum atomic E-state index is 0. The molecule has 0 amide bonds. The molecule has 0 bridgehead atoms. The maximum atomic E-state index is 12.2. The molecule has 0 aliphatic carbocycles. The molecule has 0 radical (unpaired) electrons. The molecule has 1 aliphatic rings. The highest BCUT2D eigenvalue weighted by molar-refractivity contribution is 7.11. The number of Topliss-reactive ketones (excluding diaryl/α,β-unsaturated/α-hetero) is 1. The fraction of sp³-hybridized carbons (Fsp3) is 0.692. The second-order valence-electron chi connectivity index (χ2n) is 4.83. The molecular formula is C13H21BrN2OS. The Kier molecular flexibility index (Phi) is 6.46. The van der Waals surface area contributed by atoms with E-state index in [1.165, 1.54) is 29.8 Å². The number of aromatic amines is 1. The molecule has 18 heavy (non-hydrogen) atoms. The van der Waals surface area contributed by atoms with Crippen molar-refractivity contribution < 1.29 is 26.8 Å². The number of nitrogens with one attached hydrogen (secondary N) is 2. The number of rotatable bonds is 3. The van der Waals surface area contributed by atoms with Gasteiger partial charge in [0.2, 0.25) is 5.01 Å². The number of carbonyl (C=O) groups excluding carboxylic acids is 1. The summed E-state index contributed by atoms with van der Waals surface area (Å²) in [4.78, 5) is 16.7. The quantitative estimate of drug-likeness (QED) is 0.757. The molecule has 0 saturated carbocycles. The van der Waals surface area contributed by atoms with Crippen LogP contribution in [0.2, 0.25) is 0 Å². The second-order valence-corrected chi connectivity index (χ2v) is 6.14. The first-order chi connectivity index (χ1) is 8.16. The summed E-state index contributed by atoms with van der Waals surface area (Å²) in [6, 6.07) is 0.0774. The summed E-state index contributed by atoms with van der Waals surface area (Å²) in [6.07, 6.45) is 5.18. The van der Waals surface area contributed by atoms with Crippen LogP contribution in [0.1, 0.15) is 41.3 Å². The molecule has 0 spiro atoms. The van der Waals surface area contributed by atoms with E-state index in [0.717, 1.165) is 18.0 Å². The zero-order valence-corrected chi connectivity index (χ0v) is 13.4. The monoisotopic (exact) mass is 332 g/mol. The Balaban J connectivity index is 0.00000162. The second kappa shape index (κ2) is 7.36. The number of H-pyrrole nitrogens is 1. The van der Waals surface area contributed by atoms with Crippen molar-refractivity contribution in [2.24, 2.45) is 0 Å². The molecule has 1 saturated heterocycles. The van der Waals surface area contributed by atoms with E-state index in [0.29, 0.717) is 12.2 Å². The van der Waals surface area contributed by atoms with Crippen molar-refractivity contribution in [1.29, 1.82) is 0 Å². The first-order valence-electron chi connectivity index (χ1n) is 6.41. The molecule has 1 fully saturated rings. The van der Waals surface area contributed by atoms with Crippen LogP contribution in [-0.4, -0.2) is 18.4 Å². The molecule has 102 valence electrons. The summed E-state index contributed by atoms with van der Waals surface area (Å²) < 4.78 is 0.